The van der Waals surface area contributed by atoms with Gasteiger partial charge in [-0.3, -0.25) is 0 Å². The number of hydrogen-bond acceptors (Lipinski definition) is 1. The lowest BCUT2D eigenvalue weighted by Crippen LogP contribution is -2.32. The summed E-state index contributed by atoms with van der Waals surface area (Å²) in [4.78, 5) is 0. The predicted molar refractivity (Wildman–Crippen MR) is 178 cm³/mol. The second-order valence-corrected chi connectivity index (χ2v) is 14.5. The molecule has 0 aromatic rings. The topological polar surface area (TPSA) is 12.0 Å². The van der Waals surface area contributed by atoms with Crippen molar-refractivity contribution in [3.8, 4) is 0 Å². The lowest BCUT2D eigenvalue weighted by molar-refractivity contribution is 0.160. The van der Waals surface area contributed by atoms with E-state index in [4.69, 9.17) is 0 Å². The van der Waals surface area contributed by atoms with Crippen molar-refractivity contribution in [1.29, 1.82) is 0 Å². The Morgan fingerprint density at radius 1 is 0.897 bits per heavy atom. The average molecular weight is 536 g/mol. The molecule has 222 valence electrons. The standard InChI is InChI=1S/C26H42.C12H23N/c1-9-12-25(26(6,7)8)24(18(2)3)15-19(4)20(5)23-16-21-13-10-11-14-22(21)17-23;1-9(2)7-8-12(10(3)4)13-11(5)6/h10-11,13-14,20-25H,2,4,9,12,15-17H2,1,3,5-8H3;10,12-13H,1,5,7-8H2,2-4,6H3. The fourth-order valence-electron chi connectivity index (χ4n) is 6.71. The number of rotatable bonds is 14. The molecule has 2 aliphatic rings. The van der Waals surface area contributed by atoms with Gasteiger partial charge in [-0.15, -0.1) is 6.58 Å². The van der Waals surface area contributed by atoms with Gasteiger partial charge in [0, 0.05) is 11.7 Å². The highest BCUT2D eigenvalue weighted by molar-refractivity contribution is 5.19. The third-order valence-corrected chi connectivity index (χ3v) is 9.31. The minimum Gasteiger partial charge on any atom is -0.386 e. The van der Waals surface area contributed by atoms with Crippen LogP contribution >= 0.6 is 0 Å². The summed E-state index contributed by atoms with van der Waals surface area (Å²) in [5.74, 6) is 4.83. The first kappa shape index (κ1) is 35.3. The zero-order chi connectivity index (χ0) is 29.9. The Hall–Kier alpha value is -1.76. The van der Waals surface area contributed by atoms with Crippen LogP contribution in [0, 0.1) is 46.8 Å². The van der Waals surface area contributed by atoms with E-state index >= 15 is 0 Å². The largest absolute Gasteiger partial charge is 0.386 e. The third-order valence-electron chi connectivity index (χ3n) is 9.31. The maximum Gasteiger partial charge on any atom is 0.0283 e. The van der Waals surface area contributed by atoms with Gasteiger partial charge in [0.25, 0.3) is 0 Å². The summed E-state index contributed by atoms with van der Waals surface area (Å²) in [6, 6.07) is 0.536. The Kier molecular flexibility index (Phi) is 14.9. The lowest BCUT2D eigenvalue weighted by Gasteiger charge is -2.39. The molecule has 0 heterocycles. The fraction of sp³-hybridized carbons (Fsp3) is 0.684. The average Bonchev–Trinajstić information content (AvgIpc) is 3.26. The molecule has 1 heteroatoms. The first-order chi connectivity index (χ1) is 18.1. The molecule has 0 aromatic carbocycles. The fourth-order valence-corrected chi connectivity index (χ4v) is 6.71. The van der Waals surface area contributed by atoms with Gasteiger partial charge in [-0.25, -0.2) is 0 Å². The molecule has 6 unspecified atom stereocenters. The van der Waals surface area contributed by atoms with Gasteiger partial charge in [-0.1, -0.05) is 116 Å². The first-order valence-corrected chi connectivity index (χ1v) is 15.8. The Balaban J connectivity index is 0.000000495. The summed E-state index contributed by atoms with van der Waals surface area (Å²) in [5.41, 5.74) is 5.44. The van der Waals surface area contributed by atoms with E-state index in [2.05, 4.69) is 118 Å². The molecule has 1 nitrogen and oxygen atoms in total. The molecule has 0 radical (unpaired) electrons. The Morgan fingerprint density at radius 2 is 1.44 bits per heavy atom. The van der Waals surface area contributed by atoms with Gasteiger partial charge in [0.1, 0.15) is 0 Å². The van der Waals surface area contributed by atoms with Gasteiger partial charge in [0.15, 0.2) is 0 Å². The van der Waals surface area contributed by atoms with Crippen LogP contribution in [-0.2, 0) is 0 Å². The van der Waals surface area contributed by atoms with Crippen molar-refractivity contribution in [3.05, 3.63) is 73.0 Å². The van der Waals surface area contributed by atoms with E-state index in [1.165, 1.54) is 42.4 Å². The Bertz CT molecular complexity index is 840. The normalized spacial score (nSPS) is 23.2. The third kappa shape index (κ3) is 12.1. The molecule has 0 amide bonds. The number of hydrogen-bond donors (Lipinski definition) is 1. The van der Waals surface area contributed by atoms with Crippen LogP contribution in [0.15, 0.2) is 73.0 Å². The second-order valence-electron chi connectivity index (χ2n) is 14.5. The van der Waals surface area contributed by atoms with Gasteiger partial charge in [-0.05, 0) is 106 Å². The van der Waals surface area contributed by atoms with Gasteiger partial charge in [0.2, 0.25) is 0 Å². The van der Waals surface area contributed by atoms with Gasteiger partial charge in [-0.2, -0.15) is 0 Å². The first-order valence-electron chi connectivity index (χ1n) is 15.8. The lowest BCUT2D eigenvalue weighted by atomic mass is 9.66. The van der Waals surface area contributed by atoms with Crippen molar-refractivity contribution in [1.82, 2.24) is 5.32 Å². The van der Waals surface area contributed by atoms with Crippen molar-refractivity contribution in [2.24, 2.45) is 46.8 Å². The molecule has 2 aliphatic carbocycles. The van der Waals surface area contributed by atoms with Crippen LogP contribution in [0.1, 0.15) is 114 Å². The quantitative estimate of drug-likeness (QED) is 0.218. The number of fused-ring (bicyclic) bond motifs is 1. The molecular weight excluding hydrogens is 470 g/mol. The minimum absolute atomic E-state index is 0.320. The Morgan fingerprint density at radius 3 is 1.82 bits per heavy atom. The van der Waals surface area contributed by atoms with Crippen LogP contribution in [0.2, 0.25) is 0 Å². The summed E-state index contributed by atoms with van der Waals surface area (Å²) >= 11 is 0. The predicted octanol–water partition coefficient (Wildman–Crippen LogP) is 11.5. The van der Waals surface area contributed by atoms with Gasteiger partial charge in [0.05, 0.1) is 0 Å². The summed E-state index contributed by atoms with van der Waals surface area (Å²) in [7, 11) is 0. The molecule has 0 bridgehead atoms. The van der Waals surface area contributed by atoms with E-state index < -0.39 is 0 Å². The van der Waals surface area contributed by atoms with Crippen LogP contribution in [0.25, 0.3) is 0 Å². The second kappa shape index (κ2) is 16.5. The SMILES string of the molecule is C=C(C)CCC(NC(=C)C)C(C)C.C=C(CC(C(=C)C)C(CCC)C(C)(C)C)C(C)C1CC2C=CC=CC2C1. The minimum atomic E-state index is 0.320. The van der Waals surface area contributed by atoms with Crippen LogP contribution in [0.3, 0.4) is 0 Å². The molecule has 6 atom stereocenters. The maximum absolute atomic E-state index is 4.59. The van der Waals surface area contributed by atoms with Crippen molar-refractivity contribution in [3.63, 3.8) is 0 Å². The molecule has 1 saturated carbocycles. The van der Waals surface area contributed by atoms with Crippen molar-refractivity contribution >= 4 is 0 Å². The summed E-state index contributed by atoms with van der Waals surface area (Å²) in [5, 5.41) is 3.40. The summed E-state index contributed by atoms with van der Waals surface area (Å²) in [6.45, 7) is 39.5. The van der Waals surface area contributed by atoms with E-state index in [1.807, 2.05) is 6.92 Å². The Labute approximate surface area is 245 Å². The van der Waals surface area contributed by atoms with E-state index in [1.54, 1.807) is 0 Å². The van der Waals surface area contributed by atoms with Crippen LogP contribution in [0.4, 0.5) is 0 Å². The monoisotopic (exact) mass is 536 g/mol. The zero-order valence-corrected chi connectivity index (χ0v) is 27.7. The van der Waals surface area contributed by atoms with Crippen LogP contribution in [0.5, 0.6) is 0 Å². The summed E-state index contributed by atoms with van der Waals surface area (Å²) in [6.07, 6.45) is 17.9. The number of allylic oxidation sites excluding steroid dienone is 8. The molecule has 0 saturated heterocycles. The number of nitrogens with one attached hydrogen (secondary N) is 1. The van der Waals surface area contributed by atoms with Gasteiger partial charge < -0.3 is 5.32 Å². The zero-order valence-electron chi connectivity index (χ0n) is 27.7. The van der Waals surface area contributed by atoms with Crippen molar-refractivity contribution < 1.29 is 0 Å². The maximum atomic E-state index is 4.59. The van der Waals surface area contributed by atoms with Gasteiger partial charge >= 0.3 is 0 Å². The molecular formula is C38H65N. The van der Waals surface area contributed by atoms with E-state index in [0.29, 0.717) is 35.1 Å². The smallest absolute Gasteiger partial charge is 0.0283 e. The highest BCUT2D eigenvalue weighted by atomic mass is 14.9. The summed E-state index contributed by atoms with van der Waals surface area (Å²) < 4.78 is 0. The van der Waals surface area contributed by atoms with E-state index in [9.17, 15) is 0 Å². The molecule has 1 N–H and O–H groups in total. The molecule has 0 aromatic heterocycles. The van der Waals surface area contributed by atoms with E-state index in [-0.39, 0.29) is 0 Å². The molecule has 39 heavy (non-hydrogen) atoms. The highest BCUT2D eigenvalue weighted by Crippen LogP contribution is 2.47. The van der Waals surface area contributed by atoms with E-state index in [0.717, 1.165) is 42.7 Å². The van der Waals surface area contributed by atoms with Crippen molar-refractivity contribution in [2.75, 3.05) is 0 Å². The highest BCUT2D eigenvalue weighted by Gasteiger charge is 2.37. The van der Waals surface area contributed by atoms with Crippen LogP contribution < -0.4 is 5.32 Å². The molecule has 2 rings (SSSR count). The molecule has 0 aliphatic heterocycles. The molecule has 0 spiro atoms. The van der Waals surface area contributed by atoms with Crippen LogP contribution in [-0.4, -0.2) is 6.04 Å². The van der Waals surface area contributed by atoms with Crippen molar-refractivity contribution in [2.45, 2.75) is 120 Å². The molecule has 1 fully saturated rings.